The lowest BCUT2D eigenvalue weighted by Crippen LogP contribution is -1.95. The molecule has 0 saturated heterocycles. The van der Waals surface area contributed by atoms with E-state index in [0.717, 1.165) is 35.6 Å². The van der Waals surface area contributed by atoms with Gasteiger partial charge in [-0.05, 0) is 54.8 Å². The van der Waals surface area contributed by atoms with E-state index in [0.29, 0.717) is 18.3 Å². The van der Waals surface area contributed by atoms with Crippen LogP contribution in [0.25, 0.3) is 11.4 Å². The van der Waals surface area contributed by atoms with Gasteiger partial charge in [-0.25, -0.2) is 4.39 Å². The zero-order valence-corrected chi connectivity index (χ0v) is 13.8. The smallest absolute Gasteiger partial charge is 0.230 e. The molecule has 0 spiro atoms. The highest BCUT2D eigenvalue weighted by Crippen LogP contribution is 2.34. The van der Waals surface area contributed by atoms with Crippen LogP contribution in [0.5, 0.6) is 5.75 Å². The van der Waals surface area contributed by atoms with Crippen molar-refractivity contribution in [3.63, 3.8) is 0 Å². The summed E-state index contributed by atoms with van der Waals surface area (Å²) >= 11 is 0. The number of benzene rings is 2. The van der Waals surface area contributed by atoms with Crippen LogP contribution in [0.1, 0.15) is 43.1 Å². The Hall–Kier alpha value is -2.69. The van der Waals surface area contributed by atoms with Crippen LogP contribution in [-0.2, 0) is 6.61 Å². The molecule has 0 aliphatic heterocycles. The molecule has 1 aliphatic rings. The molecule has 25 heavy (non-hydrogen) atoms. The predicted octanol–water partition coefficient (Wildman–Crippen LogP) is 5.11. The monoisotopic (exact) mass is 338 g/mol. The third-order valence-corrected chi connectivity index (χ3v) is 4.58. The molecule has 128 valence electrons. The van der Waals surface area contributed by atoms with Crippen molar-refractivity contribution in [3.05, 3.63) is 65.8 Å². The van der Waals surface area contributed by atoms with Gasteiger partial charge in [0.25, 0.3) is 0 Å². The van der Waals surface area contributed by atoms with E-state index in [1.165, 1.54) is 25.0 Å². The second-order valence-electron chi connectivity index (χ2n) is 6.38. The molecule has 0 N–H and O–H groups in total. The van der Waals surface area contributed by atoms with E-state index in [1.54, 1.807) is 12.1 Å². The maximum Gasteiger partial charge on any atom is 0.230 e. The van der Waals surface area contributed by atoms with E-state index in [9.17, 15) is 4.39 Å². The highest BCUT2D eigenvalue weighted by Gasteiger charge is 2.23. The Kier molecular flexibility index (Phi) is 4.46. The first kappa shape index (κ1) is 15.8. The number of ether oxygens (including phenoxy) is 1. The molecule has 2 aromatic carbocycles. The molecule has 4 rings (SSSR count). The highest BCUT2D eigenvalue weighted by molar-refractivity contribution is 5.55. The van der Waals surface area contributed by atoms with Gasteiger partial charge in [-0.1, -0.05) is 30.1 Å². The lowest BCUT2D eigenvalue weighted by Gasteiger charge is -2.06. The average Bonchev–Trinajstić information content (AvgIpc) is 3.33. The molecule has 3 aromatic rings. The maximum absolute atomic E-state index is 12.9. The minimum Gasteiger partial charge on any atom is -0.489 e. The Balaban J connectivity index is 1.40. The Morgan fingerprint density at radius 1 is 1.00 bits per heavy atom. The summed E-state index contributed by atoms with van der Waals surface area (Å²) in [5.74, 6) is 2.29. The predicted molar refractivity (Wildman–Crippen MR) is 91.7 cm³/mol. The van der Waals surface area contributed by atoms with E-state index in [-0.39, 0.29) is 5.82 Å². The van der Waals surface area contributed by atoms with E-state index < -0.39 is 0 Å². The van der Waals surface area contributed by atoms with Crippen LogP contribution in [0.4, 0.5) is 4.39 Å². The van der Waals surface area contributed by atoms with Crippen molar-refractivity contribution < 1.29 is 13.7 Å². The molecule has 1 aliphatic carbocycles. The molecule has 0 radical (unpaired) electrons. The minimum absolute atomic E-state index is 0.245. The van der Waals surface area contributed by atoms with Gasteiger partial charge in [-0.2, -0.15) is 4.98 Å². The minimum atomic E-state index is -0.245. The van der Waals surface area contributed by atoms with Crippen LogP contribution in [0.15, 0.2) is 53.1 Å². The molecule has 1 heterocycles. The number of nitrogens with zero attached hydrogens (tertiary/aromatic N) is 2. The second-order valence-corrected chi connectivity index (χ2v) is 6.38. The van der Waals surface area contributed by atoms with Crippen molar-refractivity contribution in [2.45, 2.75) is 38.2 Å². The normalized spacial score (nSPS) is 14.8. The Bertz CT molecular complexity index is 822. The number of hydrogen-bond donors (Lipinski definition) is 0. The van der Waals surface area contributed by atoms with Gasteiger partial charge in [0.15, 0.2) is 0 Å². The molecule has 1 aromatic heterocycles. The lowest BCUT2D eigenvalue weighted by molar-refractivity contribution is 0.306. The van der Waals surface area contributed by atoms with Crippen LogP contribution in [0, 0.1) is 5.82 Å². The van der Waals surface area contributed by atoms with Gasteiger partial charge in [0.1, 0.15) is 18.2 Å². The summed E-state index contributed by atoms with van der Waals surface area (Å²) in [7, 11) is 0. The Morgan fingerprint density at radius 3 is 2.44 bits per heavy atom. The third-order valence-electron chi connectivity index (χ3n) is 4.58. The molecule has 0 unspecified atom stereocenters. The SMILES string of the molecule is Fc1ccc(COc2ccc(-c3noc(C4CCCC4)n3)cc2)cc1. The van der Waals surface area contributed by atoms with Crippen molar-refractivity contribution in [2.75, 3.05) is 0 Å². The summed E-state index contributed by atoms with van der Waals surface area (Å²) in [6.07, 6.45) is 4.75. The maximum atomic E-state index is 12.9. The summed E-state index contributed by atoms with van der Waals surface area (Å²) in [4.78, 5) is 4.54. The molecule has 1 saturated carbocycles. The quantitative estimate of drug-likeness (QED) is 0.648. The Morgan fingerprint density at radius 2 is 1.72 bits per heavy atom. The first-order valence-electron chi connectivity index (χ1n) is 8.59. The van der Waals surface area contributed by atoms with Gasteiger partial charge >= 0.3 is 0 Å². The first-order chi connectivity index (χ1) is 12.3. The van der Waals surface area contributed by atoms with E-state index in [4.69, 9.17) is 9.26 Å². The zero-order valence-electron chi connectivity index (χ0n) is 13.8. The van der Waals surface area contributed by atoms with Crippen molar-refractivity contribution in [2.24, 2.45) is 0 Å². The molecular formula is C20H19FN2O2. The fourth-order valence-electron chi connectivity index (χ4n) is 3.14. The van der Waals surface area contributed by atoms with Crippen molar-refractivity contribution in [1.82, 2.24) is 10.1 Å². The topological polar surface area (TPSA) is 48.2 Å². The number of aromatic nitrogens is 2. The van der Waals surface area contributed by atoms with Gasteiger partial charge in [0, 0.05) is 11.5 Å². The summed E-state index contributed by atoms with van der Waals surface area (Å²) in [6.45, 7) is 0.396. The van der Waals surface area contributed by atoms with Crippen LogP contribution in [0.2, 0.25) is 0 Å². The lowest BCUT2D eigenvalue weighted by atomic mass is 10.1. The number of halogens is 1. The summed E-state index contributed by atoms with van der Waals surface area (Å²) in [6, 6.07) is 13.9. The van der Waals surface area contributed by atoms with Gasteiger partial charge in [0.2, 0.25) is 11.7 Å². The fraction of sp³-hybridized carbons (Fsp3) is 0.300. The van der Waals surface area contributed by atoms with Gasteiger partial charge in [-0.3, -0.25) is 0 Å². The van der Waals surface area contributed by atoms with E-state index in [2.05, 4.69) is 10.1 Å². The molecular weight excluding hydrogens is 319 g/mol. The number of rotatable bonds is 5. The van der Waals surface area contributed by atoms with E-state index >= 15 is 0 Å². The fourth-order valence-corrected chi connectivity index (χ4v) is 3.14. The van der Waals surface area contributed by atoms with E-state index in [1.807, 2.05) is 24.3 Å². The van der Waals surface area contributed by atoms with Crippen LogP contribution in [0.3, 0.4) is 0 Å². The summed E-state index contributed by atoms with van der Waals surface area (Å²) < 4.78 is 24.0. The van der Waals surface area contributed by atoms with Crippen molar-refractivity contribution in [1.29, 1.82) is 0 Å². The molecule has 0 bridgehead atoms. The largest absolute Gasteiger partial charge is 0.489 e. The van der Waals surface area contributed by atoms with Gasteiger partial charge in [0.05, 0.1) is 0 Å². The van der Waals surface area contributed by atoms with Crippen LogP contribution >= 0.6 is 0 Å². The Labute approximate surface area is 145 Å². The molecule has 4 nitrogen and oxygen atoms in total. The second kappa shape index (κ2) is 7.05. The highest BCUT2D eigenvalue weighted by atomic mass is 19.1. The average molecular weight is 338 g/mol. The molecule has 0 atom stereocenters. The summed E-state index contributed by atoms with van der Waals surface area (Å²) in [5.41, 5.74) is 1.83. The van der Waals surface area contributed by atoms with Crippen molar-refractivity contribution in [3.8, 4) is 17.1 Å². The standard InChI is InChI=1S/C20H19FN2O2/c21-17-9-5-14(6-10-17)13-24-18-11-7-15(8-12-18)19-22-20(25-23-19)16-3-1-2-4-16/h5-12,16H,1-4,13H2. The molecule has 1 fully saturated rings. The first-order valence-corrected chi connectivity index (χ1v) is 8.59. The van der Waals surface area contributed by atoms with Crippen molar-refractivity contribution >= 4 is 0 Å². The van der Waals surface area contributed by atoms with Crippen LogP contribution < -0.4 is 4.74 Å². The van der Waals surface area contributed by atoms with Gasteiger partial charge in [-0.15, -0.1) is 0 Å². The molecule has 0 amide bonds. The van der Waals surface area contributed by atoms with Crippen LogP contribution in [-0.4, -0.2) is 10.1 Å². The molecule has 5 heteroatoms. The summed E-state index contributed by atoms with van der Waals surface area (Å²) in [5, 5.41) is 4.10. The zero-order chi connectivity index (χ0) is 17.1. The third kappa shape index (κ3) is 3.71. The van der Waals surface area contributed by atoms with Gasteiger partial charge < -0.3 is 9.26 Å². The number of hydrogen-bond acceptors (Lipinski definition) is 4.